The number of carbonyl (C=O) groups is 1. The van der Waals surface area contributed by atoms with Gasteiger partial charge in [-0.25, -0.2) is 4.79 Å². The third-order valence-corrected chi connectivity index (χ3v) is 5.45. The number of carbonyl (C=O) groups excluding carboxylic acids is 1. The number of rotatable bonds is 3. The van der Waals surface area contributed by atoms with Crippen LogP contribution in [0, 0.1) is 11.8 Å². The van der Waals surface area contributed by atoms with Crippen molar-refractivity contribution in [2.24, 2.45) is 0 Å². The fourth-order valence-electron chi connectivity index (χ4n) is 4.04. The molecule has 0 unspecified atom stereocenters. The lowest BCUT2D eigenvalue weighted by Gasteiger charge is -2.14. The molecule has 1 aromatic heterocycles. The van der Waals surface area contributed by atoms with Gasteiger partial charge in [-0.05, 0) is 45.8 Å². The predicted molar refractivity (Wildman–Crippen MR) is 118 cm³/mol. The Kier molecular flexibility index (Phi) is 4.71. The van der Waals surface area contributed by atoms with Crippen LogP contribution in [-0.4, -0.2) is 24.2 Å². The normalized spacial score (nSPS) is 12.0. The van der Waals surface area contributed by atoms with Crippen LogP contribution in [0.15, 0.2) is 79.0 Å². The second-order valence-electron chi connectivity index (χ2n) is 7.26. The monoisotopic (exact) mass is 392 g/mol. The Morgan fingerprint density at radius 2 is 1.70 bits per heavy atom. The van der Waals surface area contributed by atoms with Crippen molar-refractivity contribution < 1.29 is 9.53 Å². The third kappa shape index (κ3) is 3.42. The molecule has 0 saturated carbocycles. The molecule has 0 spiro atoms. The van der Waals surface area contributed by atoms with Crippen LogP contribution in [0.2, 0.25) is 0 Å². The molecule has 30 heavy (non-hydrogen) atoms. The topological polar surface area (TPSA) is 54.1 Å². The molecule has 0 fully saturated rings. The van der Waals surface area contributed by atoms with Crippen molar-refractivity contribution in [3.8, 4) is 23.0 Å². The van der Waals surface area contributed by atoms with Crippen LogP contribution in [0.5, 0.6) is 0 Å². The van der Waals surface area contributed by atoms with Gasteiger partial charge in [0.1, 0.15) is 6.61 Å². The van der Waals surface area contributed by atoms with Crippen molar-refractivity contribution in [3.05, 3.63) is 95.7 Å². The van der Waals surface area contributed by atoms with E-state index < -0.39 is 6.09 Å². The Morgan fingerprint density at radius 3 is 2.47 bits per heavy atom. The largest absolute Gasteiger partial charge is 0.449 e. The van der Waals surface area contributed by atoms with E-state index in [2.05, 4.69) is 46.4 Å². The van der Waals surface area contributed by atoms with Crippen LogP contribution >= 0.6 is 0 Å². The Morgan fingerprint density at radius 1 is 0.967 bits per heavy atom. The first-order valence-corrected chi connectivity index (χ1v) is 9.94. The average Bonchev–Trinajstić information content (AvgIpc) is 3.37. The molecule has 4 heteroatoms. The molecule has 0 saturated heterocycles. The summed E-state index contributed by atoms with van der Waals surface area (Å²) >= 11 is 0. The summed E-state index contributed by atoms with van der Waals surface area (Å²) in [7, 11) is 0. The number of hydrogen-bond acceptors (Lipinski definition) is 2. The standard InChI is InChI=1S/C26H20N2O2/c29-26(28-14-5-6-18-11-12-19-13-15-27-25(19)16-18)30-17-24-22-9-3-1-7-20(22)21-8-2-4-10-23(21)24/h1-4,7-13,15-16,24,27H,14,17H2,(H,28,29). The van der Waals surface area contributed by atoms with Crippen LogP contribution < -0.4 is 5.32 Å². The van der Waals surface area contributed by atoms with Gasteiger partial charge in [-0.2, -0.15) is 0 Å². The number of aromatic amines is 1. The Bertz CT molecular complexity index is 1250. The maximum Gasteiger partial charge on any atom is 0.407 e. The summed E-state index contributed by atoms with van der Waals surface area (Å²) in [5.41, 5.74) is 6.78. The van der Waals surface area contributed by atoms with Crippen molar-refractivity contribution in [1.82, 2.24) is 10.3 Å². The first kappa shape index (κ1) is 18.1. The molecule has 146 valence electrons. The first-order valence-electron chi connectivity index (χ1n) is 9.94. The summed E-state index contributed by atoms with van der Waals surface area (Å²) in [6.07, 6.45) is 1.45. The number of benzene rings is 3. The fourth-order valence-corrected chi connectivity index (χ4v) is 4.04. The van der Waals surface area contributed by atoms with E-state index in [9.17, 15) is 4.79 Å². The van der Waals surface area contributed by atoms with E-state index in [0.717, 1.165) is 16.5 Å². The van der Waals surface area contributed by atoms with E-state index in [-0.39, 0.29) is 12.5 Å². The molecule has 4 aromatic rings. The van der Waals surface area contributed by atoms with Crippen molar-refractivity contribution in [1.29, 1.82) is 0 Å². The van der Waals surface area contributed by atoms with Gasteiger partial charge in [0, 0.05) is 23.2 Å². The zero-order valence-electron chi connectivity index (χ0n) is 16.3. The second kappa shape index (κ2) is 7.81. The van der Waals surface area contributed by atoms with Crippen molar-refractivity contribution in [2.75, 3.05) is 13.2 Å². The maximum atomic E-state index is 12.2. The third-order valence-electron chi connectivity index (χ3n) is 5.45. The number of fused-ring (bicyclic) bond motifs is 4. The molecule has 4 nitrogen and oxygen atoms in total. The molecule has 1 aliphatic carbocycles. The number of amides is 1. The van der Waals surface area contributed by atoms with Crippen LogP contribution in [0.25, 0.3) is 22.0 Å². The minimum Gasteiger partial charge on any atom is -0.449 e. The lowest BCUT2D eigenvalue weighted by molar-refractivity contribution is 0.144. The van der Waals surface area contributed by atoms with Gasteiger partial charge < -0.3 is 15.0 Å². The lowest BCUT2D eigenvalue weighted by atomic mass is 9.98. The molecule has 1 aliphatic rings. The highest BCUT2D eigenvalue weighted by atomic mass is 16.5. The second-order valence-corrected chi connectivity index (χ2v) is 7.26. The van der Waals surface area contributed by atoms with Crippen molar-refractivity contribution >= 4 is 17.0 Å². The fraction of sp³-hybridized carbons (Fsp3) is 0.115. The zero-order valence-corrected chi connectivity index (χ0v) is 16.3. The Labute approximate surface area is 174 Å². The smallest absolute Gasteiger partial charge is 0.407 e. The van der Waals surface area contributed by atoms with E-state index in [1.54, 1.807) is 0 Å². The van der Waals surface area contributed by atoms with Gasteiger partial charge in [0.2, 0.25) is 0 Å². The minimum absolute atomic E-state index is 0.0572. The summed E-state index contributed by atoms with van der Waals surface area (Å²) in [4.78, 5) is 15.3. The molecular formula is C26H20N2O2. The highest BCUT2D eigenvalue weighted by molar-refractivity contribution is 5.81. The average molecular weight is 392 g/mol. The number of hydrogen-bond donors (Lipinski definition) is 2. The van der Waals surface area contributed by atoms with Gasteiger partial charge >= 0.3 is 6.09 Å². The molecule has 0 aliphatic heterocycles. The van der Waals surface area contributed by atoms with Crippen LogP contribution in [0.4, 0.5) is 4.79 Å². The number of H-pyrrole nitrogens is 1. The molecule has 3 aromatic carbocycles. The number of ether oxygens (including phenoxy) is 1. The van der Waals surface area contributed by atoms with Gasteiger partial charge in [0.25, 0.3) is 0 Å². The van der Waals surface area contributed by atoms with Gasteiger partial charge in [0.05, 0.1) is 6.54 Å². The first-order chi connectivity index (χ1) is 14.8. The number of aromatic nitrogens is 1. The van der Waals surface area contributed by atoms with Crippen molar-refractivity contribution in [3.63, 3.8) is 0 Å². The number of alkyl carbamates (subject to hydrolysis) is 1. The maximum absolute atomic E-state index is 12.2. The van der Waals surface area contributed by atoms with E-state index in [0.29, 0.717) is 6.61 Å². The van der Waals surface area contributed by atoms with Gasteiger partial charge in [0.15, 0.2) is 0 Å². The van der Waals surface area contributed by atoms with E-state index in [4.69, 9.17) is 4.74 Å². The molecule has 0 radical (unpaired) electrons. The highest BCUT2D eigenvalue weighted by Crippen LogP contribution is 2.44. The summed E-state index contributed by atoms with van der Waals surface area (Å²) in [5, 5.41) is 3.86. The summed E-state index contributed by atoms with van der Waals surface area (Å²) < 4.78 is 5.52. The predicted octanol–water partition coefficient (Wildman–Crippen LogP) is 5.06. The Hall–Kier alpha value is -3.97. The van der Waals surface area contributed by atoms with Crippen LogP contribution in [0.1, 0.15) is 22.6 Å². The molecule has 2 N–H and O–H groups in total. The van der Waals surface area contributed by atoms with E-state index in [1.807, 2.05) is 54.7 Å². The van der Waals surface area contributed by atoms with Gasteiger partial charge in [-0.15, -0.1) is 0 Å². The molecule has 1 amide bonds. The summed E-state index contributed by atoms with van der Waals surface area (Å²) in [6, 6.07) is 24.6. The minimum atomic E-state index is -0.453. The highest BCUT2D eigenvalue weighted by Gasteiger charge is 2.28. The van der Waals surface area contributed by atoms with Crippen LogP contribution in [0.3, 0.4) is 0 Å². The van der Waals surface area contributed by atoms with Crippen LogP contribution in [-0.2, 0) is 4.74 Å². The number of nitrogens with one attached hydrogen (secondary N) is 2. The van der Waals surface area contributed by atoms with E-state index >= 15 is 0 Å². The van der Waals surface area contributed by atoms with Crippen molar-refractivity contribution in [2.45, 2.75) is 5.92 Å². The Balaban J connectivity index is 1.19. The molecule has 5 rings (SSSR count). The molecule has 1 heterocycles. The van der Waals surface area contributed by atoms with Gasteiger partial charge in [-0.1, -0.05) is 66.4 Å². The summed E-state index contributed by atoms with van der Waals surface area (Å²) in [5.74, 6) is 6.09. The SMILES string of the molecule is O=C(NCC#Cc1ccc2cc[nH]c2c1)OCC1c2ccccc2-c2ccccc21. The molecule has 0 bridgehead atoms. The van der Waals surface area contributed by atoms with Gasteiger partial charge in [-0.3, -0.25) is 0 Å². The molecule has 0 atom stereocenters. The molecular weight excluding hydrogens is 372 g/mol. The van der Waals surface area contributed by atoms with E-state index in [1.165, 1.54) is 22.3 Å². The zero-order chi connectivity index (χ0) is 20.3. The summed E-state index contributed by atoms with van der Waals surface area (Å²) in [6.45, 7) is 0.538. The quantitative estimate of drug-likeness (QED) is 0.479. The lowest BCUT2D eigenvalue weighted by Crippen LogP contribution is -2.26.